The van der Waals surface area contributed by atoms with Crippen molar-refractivity contribution in [2.45, 2.75) is 25.4 Å². The number of amides is 1. The monoisotopic (exact) mass is 350 g/mol. The van der Waals surface area contributed by atoms with Gasteiger partial charge < -0.3 is 10.6 Å². The topological polar surface area (TPSA) is 46.3 Å². The lowest BCUT2D eigenvalue weighted by atomic mass is 10.1. The number of nitrogen functional groups attached to an aromatic ring is 1. The molecule has 0 spiro atoms. The summed E-state index contributed by atoms with van der Waals surface area (Å²) in [6.07, 6.45) is 2.20. The van der Waals surface area contributed by atoms with Crippen LogP contribution < -0.4 is 5.73 Å². The van der Waals surface area contributed by atoms with Gasteiger partial charge in [-0.05, 0) is 42.5 Å². The van der Waals surface area contributed by atoms with Crippen molar-refractivity contribution in [3.8, 4) is 0 Å². The van der Waals surface area contributed by atoms with Gasteiger partial charge >= 0.3 is 0 Å². The third-order valence-electron chi connectivity index (χ3n) is 3.32. The Balaban J connectivity index is 1.85. The van der Waals surface area contributed by atoms with Gasteiger partial charge in [0.05, 0.1) is 6.54 Å². The second-order valence-corrected chi connectivity index (χ2v) is 6.96. The predicted molar refractivity (Wildman–Crippen MR) is 85.8 cm³/mol. The van der Waals surface area contributed by atoms with Crippen LogP contribution in [0.2, 0.25) is 0 Å². The van der Waals surface area contributed by atoms with E-state index in [4.69, 9.17) is 5.73 Å². The number of hydrogen-bond donors (Lipinski definition) is 1. The Labute approximate surface area is 130 Å². The molecule has 1 amide bonds. The van der Waals surface area contributed by atoms with Gasteiger partial charge in [0.15, 0.2) is 0 Å². The first kappa shape index (κ1) is 13.6. The van der Waals surface area contributed by atoms with Gasteiger partial charge in [0.2, 0.25) is 0 Å². The SMILES string of the molecule is Nc1cc(Br)cc(C(=O)N(Cc2cccs2)C2CC2)c1. The number of nitrogens with zero attached hydrogens (tertiary/aromatic N) is 1. The summed E-state index contributed by atoms with van der Waals surface area (Å²) in [5, 5.41) is 2.04. The molecule has 0 unspecified atom stereocenters. The van der Waals surface area contributed by atoms with Gasteiger partial charge in [-0.1, -0.05) is 22.0 Å². The zero-order chi connectivity index (χ0) is 14.1. The normalized spacial score (nSPS) is 14.2. The standard InChI is InChI=1S/C15H15BrN2OS/c16-11-6-10(7-12(17)8-11)15(19)18(13-3-4-13)9-14-2-1-5-20-14/h1-2,5-8,13H,3-4,9,17H2. The number of carbonyl (C=O) groups excluding carboxylic acids is 1. The van der Waals surface area contributed by atoms with E-state index in [1.807, 2.05) is 22.4 Å². The van der Waals surface area contributed by atoms with Gasteiger partial charge in [0, 0.05) is 26.6 Å². The van der Waals surface area contributed by atoms with E-state index >= 15 is 0 Å². The number of halogens is 1. The van der Waals surface area contributed by atoms with Crippen molar-refractivity contribution in [2.24, 2.45) is 0 Å². The van der Waals surface area contributed by atoms with Crippen LogP contribution in [0.25, 0.3) is 0 Å². The first-order chi connectivity index (χ1) is 9.63. The Hall–Kier alpha value is -1.33. The maximum Gasteiger partial charge on any atom is 0.254 e. The molecule has 0 aliphatic heterocycles. The third kappa shape index (κ3) is 3.04. The number of nitrogens with two attached hydrogens (primary N) is 1. The number of benzene rings is 1. The minimum atomic E-state index is 0.0638. The van der Waals surface area contributed by atoms with E-state index in [1.165, 1.54) is 4.88 Å². The van der Waals surface area contributed by atoms with E-state index in [0.717, 1.165) is 17.3 Å². The molecule has 0 bridgehead atoms. The van der Waals surface area contributed by atoms with Crippen LogP contribution in [0.3, 0.4) is 0 Å². The fraction of sp³-hybridized carbons (Fsp3) is 0.267. The fourth-order valence-electron chi connectivity index (χ4n) is 2.22. The lowest BCUT2D eigenvalue weighted by molar-refractivity contribution is 0.0731. The summed E-state index contributed by atoms with van der Waals surface area (Å²) in [4.78, 5) is 15.9. The molecule has 2 N–H and O–H groups in total. The molecule has 0 atom stereocenters. The number of anilines is 1. The molecule has 0 radical (unpaired) electrons. The summed E-state index contributed by atoms with van der Waals surface area (Å²) in [5.74, 6) is 0.0638. The molecule has 1 aromatic heterocycles. The van der Waals surface area contributed by atoms with Gasteiger partial charge in [0.1, 0.15) is 0 Å². The van der Waals surface area contributed by atoms with Crippen molar-refractivity contribution < 1.29 is 4.79 Å². The maximum absolute atomic E-state index is 12.7. The van der Waals surface area contributed by atoms with Crippen LogP contribution in [0.1, 0.15) is 28.1 Å². The molecule has 1 heterocycles. The quantitative estimate of drug-likeness (QED) is 0.850. The molecule has 0 saturated heterocycles. The Morgan fingerprint density at radius 2 is 2.20 bits per heavy atom. The molecule has 2 aromatic rings. The van der Waals surface area contributed by atoms with E-state index in [1.54, 1.807) is 23.5 Å². The maximum atomic E-state index is 12.7. The van der Waals surface area contributed by atoms with E-state index in [9.17, 15) is 4.79 Å². The number of carbonyl (C=O) groups is 1. The van der Waals surface area contributed by atoms with Crippen LogP contribution in [-0.4, -0.2) is 16.8 Å². The van der Waals surface area contributed by atoms with Crippen LogP contribution in [0.4, 0.5) is 5.69 Å². The van der Waals surface area contributed by atoms with Crippen molar-refractivity contribution in [1.29, 1.82) is 0 Å². The van der Waals surface area contributed by atoms with Crippen molar-refractivity contribution in [1.82, 2.24) is 4.90 Å². The lowest BCUT2D eigenvalue weighted by Gasteiger charge is -2.22. The van der Waals surface area contributed by atoms with E-state index in [-0.39, 0.29) is 5.91 Å². The van der Waals surface area contributed by atoms with Crippen molar-refractivity contribution in [3.63, 3.8) is 0 Å². The van der Waals surface area contributed by atoms with E-state index < -0.39 is 0 Å². The molecule has 1 aromatic carbocycles. The van der Waals surface area contributed by atoms with Gasteiger partial charge in [0.25, 0.3) is 5.91 Å². The van der Waals surface area contributed by atoms with Gasteiger partial charge in [-0.2, -0.15) is 0 Å². The van der Waals surface area contributed by atoms with Gasteiger partial charge in [-0.25, -0.2) is 0 Å². The summed E-state index contributed by atoms with van der Waals surface area (Å²) < 4.78 is 0.840. The minimum Gasteiger partial charge on any atom is -0.399 e. The fourth-order valence-corrected chi connectivity index (χ4v) is 3.44. The van der Waals surface area contributed by atoms with Crippen LogP contribution in [0.15, 0.2) is 40.2 Å². The van der Waals surface area contributed by atoms with Gasteiger partial charge in [-0.3, -0.25) is 4.79 Å². The highest BCUT2D eigenvalue weighted by molar-refractivity contribution is 9.10. The molecule has 1 saturated carbocycles. The van der Waals surface area contributed by atoms with E-state index in [2.05, 4.69) is 22.0 Å². The van der Waals surface area contributed by atoms with Crippen LogP contribution in [0, 0.1) is 0 Å². The first-order valence-electron chi connectivity index (χ1n) is 6.53. The zero-order valence-corrected chi connectivity index (χ0v) is 13.3. The van der Waals surface area contributed by atoms with Crippen molar-refractivity contribution in [2.75, 3.05) is 5.73 Å². The summed E-state index contributed by atoms with van der Waals surface area (Å²) in [6.45, 7) is 0.688. The average molecular weight is 351 g/mol. The molecule has 104 valence electrons. The minimum absolute atomic E-state index is 0.0638. The third-order valence-corrected chi connectivity index (χ3v) is 4.64. The molecule has 3 nitrogen and oxygen atoms in total. The predicted octanol–water partition coefficient (Wildman–Crippen LogP) is 3.90. The summed E-state index contributed by atoms with van der Waals surface area (Å²) >= 11 is 5.08. The van der Waals surface area contributed by atoms with Crippen molar-refractivity contribution >= 4 is 38.9 Å². The largest absolute Gasteiger partial charge is 0.399 e. The van der Waals surface area contributed by atoms with Crippen LogP contribution in [-0.2, 0) is 6.54 Å². The van der Waals surface area contributed by atoms with Gasteiger partial charge in [-0.15, -0.1) is 11.3 Å². The molecular weight excluding hydrogens is 336 g/mol. The molecule has 1 aliphatic rings. The Kier molecular flexibility index (Phi) is 3.81. The molecule has 20 heavy (non-hydrogen) atoms. The summed E-state index contributed by atoms with van der Waals surface area (Å²) in [7, 11) is 0. The number of hydrogen-bond acceptors (Lipinski definition) is 3. The van der Waals surface area contributed by atoms with Crippen LogP contribution >= 0.6 is 27.3 Å². The lowest BCUT2D eigenvalue weighted by Crippen LogP contribution is -2.32. The van der Waals surface area contributed by atoms with E-state index in [0.29, 0.717) is 23.8 Å². The highest BCUT2D eigenvalue weighted by atomic mass is 79.9. The van der Waals surface area contributed by atoms with Crippen LogP contribution in [0.5, 0.6) is 0 Å². The Bertz CT molecular complexity index is 603. The molecule has 1 fully saturated rings. The Morgan fingerprint density at radius 1 is 1.40 bits per heavy atom. The second kappa shape index (κ2) is 5.58. The number of thiophene rings is 1. The van der Waals surface area contributed by atoms with Crippen molar-refractivity contribution in [3.05, 3.63) is 50.6 Å². The highest BCUT2D eigenvalue weighted by Crippen LogP contribution is 2.31. The summed E-state index contributed by atoms with van der Waals surface area (Å²) in [5.41, 5.74) is 7.09. The molecular formula is C15H15BrN2OS. The second-order valence-electron chi connectivity index (χ2n) is 5.02. The molecule has 3 rings (SSSR count). The molecule has 1 aliphatic carbocycles. The first-order valence-corrected chi connectivity index (χ1v) is 8.20. The average Bonchev–Trinajstić information content (AvgIpc) is 3.11. The zero-order valence-electron chi connectivity index (χ0n) is 10.9. The summed E-state index contributed by atoms with van der Waals surface area (Å²) in [6, 6.07) is 9.86. The Morgan fingerprint density at radius 3 is 2.80 bits per heavy atom. The molecule has 5 heteroatoms. The number of rotatable bonds is 4. The highest BCUT2D eigenvalue weighted by Gasteiger charge is 2.33. The smallest absolute Gasteiger partial charge is 0.254 e.